The molecule has 0 saturated heterocycles. The summed E-state index contributed by atoms with van der Waals surface area (Å²) in [5.74, 6) is 1.80. The number of imidazole rings is 1. The van der Waals surface area contributed by atoms with E-state index in [-0.39, 0.29) is 29.8 Å². The predicted molar refractivity (Wildman–Crippen MR) is 138 cm³/mol. The van der Waals surface area contributed by atoms with Gasteiger partial charge in [-0.2, -0.15) is 0 Å². The highest BCUT2D eigenvalue weighted by Gasteiger charge is 2.11. The van der Waals surface area contributed by atoms with Crippen molar-refractivity contribution in [1.82, 2.24) is 25.2 Å². The van der Waals surface area contributed by atoms with E-state index in [4.69, 9.17) is 4.42 Å². The largest absolute Gasteiger partial charge is 0.444 e. The molecule has 7 nitrogen and oxygen atoms in total. The molecule has 0 aliphatic carbocycles. The van der Waals surface area contributed by atoms with Crippen molar-refractivity contribution in [2.24, 2.45) is 4.99 Å². The number of halogens is 2. The number of nitrogens with one attached hydrogen (secondary N) is 2. The highest BCUT2D eigenvalue weighted by molar-refractivity contribution is 14.0. The third-order valence-corrected chi connectivity index (χ3v) is 4.98. The van der Waals surface area contributed by atoms with Crippen LogP contribution in [-0.4, -0.2) is 46.5 Å². The van der Waals surface area contributed by atoms with Gasteiger partial charge in [-0.15, -0.1) is 24.0 Å². The summed E-state index contributed by atoms with van der Waals surface area (Å²) in [5.41, 5.74) is 3.65. The first-order valence-corrected chi connectivity index (χ1v) is 10.3. The molecule has 0 spiro atoms. The summed E-state index contributed by atoms with van der Waals surface area (Å²) < 4.78 is 18.6. The fourth-order valence-electron chi connectivity index (χ4n) is 3.34. The van der Waals surface area contributed by atoms with Crippen molar-refractivity contribution in [2.75, 3.05) is 20.6 Å². The van der Waals surface area contributed by atoms with Crippen molar-refractivity contribution in [3.05, 3.63) is 84.4 Å². The maximum absolute atomic E-state index is 13.1. The number of rotatable bonds is 7. The van der Waals surface area contributed by atoms with Crippen LogP contribution < -0.4 is 5.32 Å². The molecule has 4 aromatic rings. The third kappa shape index (κ3) is 6.41. The molecule has 0 aliphatic rings. The molecule has 2 N–H and O–H groups in total. The van der Waals surface area contributed by atoms with Crippen LogP contribution in [0.1, 0.15) is 11.5 Å². The van der Waals surface area contributed by atoms with Crippen LogP contribution in [0, 0.1) is 5.82 Å². The molecule has 33 heavy (non-hydrogen) atoms. The topological polar surface area (TPSA) is 82.3 Å². The van der Waals surface area contributed by atoms with Gasteiger partial charge in [-0.1, -0.05) is 30.3 Å². The Morgan fingerprint density at radius 3 is 2.61 bits per heavy atom. The van der Waals surface area contributed by atoms with Gasteiger partial charge in [0.2, 0.25) is 5.89 Å². The summed E-state index contributed by atoms with van der Waals surface area (Å²) in [4.78, 5) is 18.7. The molecule has 4 rings (SSSR count). The second kappa shape index (κ2) is 11.6. The first-order chi connectivity index (χ1) is 15.6. The molecule has 2 aromatic carbocycles. The first-order valence-electron chi connectivity index (χ1n) is 10.3. The van der Waals surface area contributed by atoms with E-state index in [1.165, 1.54) is 12.1 Å². The third-order valence-electron chi connectivity index (χ3n) is 4.98. The molecule has 0 unspecified atom stereocenters. The standard InChI is InChI=1S/C24H25FN6O.HI/c1-26-24(31(2)15-22-28-14-21(30-22)17-6-4-3-5-7-17)27-13-12-20-16-32-23(29-20)18-8-10-19(25)11-9-18;/h3-11,14,16H,12-13,15H2,1-2H3,(H,26,27)(H,28,30);1H. The Kier molecular flexibility index (Phi) is 8.58. The van der Waals surface area contributed by atoms with Crippen LogP contribution in [0.4, 0.5) is 4.39 Å². The lowest BCUT2D eigenvalue weighted by Gasteiger charge is -2.20. The molecular formula is C24H26FIN6O. The summed E-state index contributed by atoms with van der Waals surface area (Å²) in [6.07, 6.45) is 4.13. The number of H-pyrrole nitrogens is 1. The van der Waals surface area contributed by atoms with Crippen molar-refractivity contribution < 1.29 is 8.81 Å². The van der Waals surface area contributed by atoms with Gasteiger partial charge in [-0.05, 0) is 29.8 Å². The van der Waals surface area contributed by atoms with Gasteiger partial charge in [-0.3, -0.25) is 4.99 Å². The Morgan fingerprint density at radius 2 is 1.88 bits per heavy atom. The maximum Gasteiger partial charge on any atom is 0.226 e. The summed E-state index contributed by atoms with van der Waals surface area (Å²) in [5, 5.41) is 3.34. The van der Waals surface area contributed by atoms with E-state index in [1.54, 1.807) is 25.4 Å². The number of aromatic amines is 1. The minimum absolute atomic E-state index is 0. The van der Waals surface area contributed by atoms with Gasteiger partial charge >= 0.3 is 0 Å². The highest BCUT2D eigenvalue weighted by Crippen LogP contribution is 2.19. The van der Waals surface area contributed by atoms with Crippen molar-refractivity contribution in [1.29, 1.82) is 0 Å². The summed E-state index contributed by atoms with van der Waals surface area (Å²) >= 11 is 0. The molecule has 0 bridgehead atoms. The number of benzene rings is 2. The number of guanidine groups is 1. The van der Waals surface area contributed by atoms with Gasteiger partial charge in [-0.25, -0.2) is 14.4 Å². The maximum atomic E-state index is 13.1. The van der Waals surface area contributed by atoms with Gasteiger partial charge in [0.25, 0.3) is 0 Å². The molecular weight excluding hydrogens is 534 g/mol. The number of aromatic nitrogens is 3. The summed E-state index contributed by atoms with van der Waals surface area (Å²) in [7, 11) is 3.71. The Hall–Kier alpha value is -3.21. The second-order valence-electron chi connectivity index (χ2n) is 7.34. The van der Waals surface area contributed by atoms with Crippen molar-refractivity contribution in [3.8, 4) is 22.7 Å². The minimum Gasteiger partial charge on any atom is -0.444 e. The lowest BCUT2D eigenvalue weighted by molar-refractivity contribution is 0.464. The van der Waals surface area contributed by atoms with Gasteiger partial charge in [0.15, 0.2) is 5.96 Å². The van der Waals surface area contributed by atoms with E-state index in [0.717, 1.165) is 34.3 Å². The van der Waals surface area contributed by atoms with Crippen LogP contribution in [0.15, 0.2) is 76.5 Å². The lowest BCUT2D eigenvalue weighted by atomic mass is 10.2. The lowest BCUT2D eigenvalue weighted by Crippen LogP contribution is -2.39. The Balaban J connectivity index is 0.00000306. The van der Waals surface area contributed by atoms with Gasteiger partial charge in [0, 0.05) is 32.6 Å². The van der Waals surface area contributed by atoms with E-state index >= 15 is 0 Å². The van der Waals surface area contributed by atoms with Gasteiger partial charge < -0.3 is 19.6 Å². The van der Waals surface area contributed by atoms with Gasteiger partial charge in [0.1, 0.15) is 17.9 Å². The minimum atomic E-state index is -0.286. The molecule has 0 atom stereocenters. The molecule has 0 aliphatic heterocycles. The second-order valence-corrected chi connectivity index (χ2v) is 7.34. The first kappa shape index (κ1) is 24.4. The van der Waals surface area contributed by atoms with Crippen LogP contribution in [0.5, 0.6) is 0 Å². The van der Waals surface area contributed by atoms with Crippen LogP contribution >= 0.6 is 24.0 Å². The van der Waals surface area contributed by atoms with E-state index < -0.39 is 0 Å². The highest BCUT2D eigenvalue weighted by atomic mass is 127. The van der Waals surface area contributed by atoms with Crippen LogP contribution in [0.25, 0.3) is 22.7 Å². The molecule has 9 heteroatoms. The number of hydrogen-bond donors (Lipinski definition) is 2. The molecule has 2 heterocycles. The quantitative estimate of drug-likeness (QED) is 0.194. The normalized spacial score (nSPS) is 11.2. The number of hydrogen-bond acceptors (Lipinski definition) is 4. The Bertz CT molecular complexity index is 1170. The molecule has 172 valence electrons. The Labute approximate surface area is 209 Å². The van der Waals surface area contributed by atoms with E-state index in [9.17, 15) is 4.39 Å². The summed E-state index contributed by atoms with van der Waals surface area (Å²) in [6, 6.07) is 16.2. The molecule has 0 amide bonds. The smallest absolute Gasteiger partial charge is 0.226 e. The molecule has 0 fully saturated rings. The molecule has 0 saturated carbocycles. The monoisotopic (exact) mass is 560 g/mol. The van der Waals surface area contributed by atoms with E-state index in [2.05, 4.69) is 25.3 Å². The van der Waals surface area contributed by atoms with Gasteiger partial charge in [0.05, 0.1) is 24.1 Å². The SMILES string of the molecule is CN=C(NCCc1coc(-c2ccc(F)cc2)n1)N(C)Cc1ncc(-c2ccccc2)[nH]1.I. The zero-order valence-corrected chi connectivity index (χ0v) is 20.8. The molecule has 0 radical (unpaired) electrons. The van der Waals surface area contributed by atoms with Crippen molar-refractivity contribution >= 4 is 29.9 Å². The zero-order chi connectivity index (χ0) is 22.3. The van der Waals surface area contributed by atoms with Crippen LogP contribution in [-0.2, 0) is 13.0 Å². The van der Waals surface area contributed by atoms with Crippen LogP contribution in [0.3, 0.4) is 0 Å². The average molecular weight is 560 g/mol. The average Bonchev–Trinajstić information content (AvgIpc) is 3.48. The number of oxazole rings is 1. The molecule has 2 aromatic heterocycles. The fraction of sp³-hybridized carbons (Fsp3) is 0.208. The fourth-order valence-corrected chi connectivity index (χ4v) is 3.34. The Morgan fingerprint density at radius 1 is 1.12 bits per heavy atom. The van der Waals surface area contributed by atoms with Crippen molar-refractivity contribution in [3.63, 3.8) is 0 Å². The number of nitrogens with zero attached hydrogens (tertiary/aromatic N) is 4. The van der Waals surface area contributed by atoms with E-state index in [1.807, 2.05) is 48.5 Å². The summed E-state index contributed by atoms with van der Waals surface area (Å²) in [6.45, 7) is 1.23. The number of aliphatic imine (C=N–C) groups is 1. The van der Waals surface area contributed by atoms with Crippen LogP contribution in [0.2, 0.25) is 0 Å². The van der Waals surface area contributed by atoms with Crippen molar-refractivity contribution in [2.45, 2.75) is 13.0 Å². The predicted octanol–water partition coefficient (Wildman–Crippen LogP) is 4.74. The van der Waals surface area contributed by atoms with E-state index in [0.29, 0.717) is 25.4 Å². The zero-order valence-electron chi connectivity index (χ0n) is 18.5.